The maximum atomic E-state index is 13.4. The molecule has 6 rings (SSSR count). The second-order valence-corrected chi connectivity index (χ2v) is 9.39. The molecule has 0 fully saturated rings. The van der Waals surface area contributed by atoms with Gasteiger partial charge in [0, 0.05) is 28.9 Å². The largest absolute Gasteiger partial charge is 0.465 e. The third-order valence-corrected chi connectivity index (χ3v) is 6.85. The van der Waals surface area contributed by atoms with Crippen LogP contribution >= 0.6 is 11.6 Å². The molecule has 0 bridgehead atoms. The summed E-state index contributed by atoms with van der Waals surface area (Å²) in [5.74, 6) is 0.711. The first kappa shape index (κ1) is 23.6. The minimum absolute atomic E-state index is 0.129. The lowest BCUT2D eigenvalue weighted by Gasteiger charge is -2.15. The highest BCUT2D eigenvalue weighted by atomic mass is 35.5. The van der Waals surface area contributed by atoms with Gasteiger partial charge in [0.25, 0.3) is 5.56 Å². The molecule has 5 aromatic rings. The minimum atomic E-state index is -1.06. The van der Waals surface area contributed by atoms with Gasteiger partial charge in [0.05, 0.1) is 23.6 Å². The molecule has 190 valence electrons. The number of rotatable bonds is 6. The van der Waals surface area contributed by atoms with Crippen LogP contribution in [0.2, 0.25) is 5.02 Å². The summed E-state index contributed by atoms with van der Waals surface area (Å²) in [6.45, 7) is 0.236. The van der Waals surface area contributed by atoms with Crippen LogP contribution in [-0.2, 0) is 13.0 Å². The first-order chi connectivity index (χ1) is 18.5. The average Bonchev–Trinajstić information content (AvgIpc) is 3.68. The average molecular weight is 529 g/mol. The van der Waals surface area contributed by atoms with E-state index in [0.29, 0.717) is 10.8 Å². The summed E-state index contributed by atoms with van der Waals surface area (Å²) >= 11 is 6.29. The molecular formula is C26H21ClN8O3. The van der Waals surface area contributed by atoms with E-state index in [1.165, 1.54) is 6.33 Å². The summed E-state index contributed by atoms with van der Waals surface area (Å²) in [5.41, 5.74) is 5.60. The molecule has 12 heteroatoms. The molecular weight excluding hydrogens is 508 g/mol. The van der Waals surface area contributed by atoms with E-state index in [0.717, 1.165) is 52.2 Å². The molecule has 0 spiro atoms. The molecule has 0 saturated carbocycles. The van der Waals surface area contributed by atoms with E-state index in [1.54, 1.807) is 33.6 Å². The number of halogens is 1. The van der Waals surface area contributed by atoms with E-state index in [4.69, 9.17) is 16.7 Å². The van der Waals surface area contributed by atoms with Crippen molar-refractivity contribution in [3.63, 3.8) is 0 Å². The number of carbonyl (C=O) groups is 1. The highest BCUT2D eigenvalue weighted by Crippen LogP contribution is 2.34. The lowest BCUT2D eigenvalue weighted by Crippen LogP contribution is -2.23. The fraction of sp³-hybridized carbons (Fsp3) is 0.154. The minimum Gasteiger partial charge on any atom is -0.465 e. The normalized spacial score (nSPS) is 14.4. The van der Waals surface area contributed by atoms with Crippen molar-refractivity contribution in [3.8, 4) is 28.1 Å². The lowest BCUT2D eigenvalue weighted by molar-refractivity contribution is 0.194. The number of benzene rings is 2. The van der Waals surface area contributed by atoms with Gasteiger partial charge in [-0.15, -0.1) is 5.10 Å². The summed E-state index contributed by atoms with van der Waals surface area (Å²) in [4.78, 5) is 32.1. The highest BCUT2D eigenvalue weighted by molar-refractivity contribution is 6.31. The number of aryl methyl sites for hydroxylation is 1. The number of aromatic nitrogens is 7. The molecule has 0 aliphatic carbocycles. The van der Waals surface area contributed by atoms with Gasteiger partial charge in [0.1, 0.15) is 12.2 Å². The molecule has 1 atom stereocenters. The van der Waals surface area contributed by atoms with Gasteiger partial charge in [0.2, 0.25) is 0 Å². The molecule has 1 aliphatic rings. The smallest absolute Gasteiger partial charge is 0.404 e. The lowest BCUT2D eigenvalue weighted by atomic mass is 10.0. The van der Waals surface area contributed by atoms with Gasteiger partial charge >= 0.3 is 6.09 Å². The SMILES string of the molecule is O=C(O)NCc1ccc(-c2cnc([C@@H]3CCc4cc(-c5cc(Cl)ccc5-n5cnnn5)cc(=O)n43)[nH]2)cc1. The van der Waals surface area contributed by atoms with E-state index in [1.807, 2.05) is 36.4 Å². The Labute approximate surface area is 220 Å². The zero-order valence-electron chi connectivity index (χ0n) is 19.9. The summed E-state index contributed by atoms with van der Waals surface area (Å²) in [7, 11) is 0. The summed E-state index contributed by atoms with van der Waals surface area (Å²) in [6, 6.07) is 16.3. The van der Waals surface area contributed by atoms with Crippen molar-refractivity contribution in [2.45, 2.75) is 25.4 Å². The fourth-order valence-electron chi connectivity index (χ4n) is 4.85. The number of tetrazole rings is 1. The van der Waals surface area contributed by atoms with E-state index in [9.17, 15) is 9.59 Å². The number of imidazole rings is 1. The van der Waals surface area contributed by atoms with E-state index in [2.05, 4.69) is 30.8 Å². The number of H-pyrrole nitrogens is 1. The number of nitrogens with one attached hydrogen (secondary N) is 2. The maximum Gasteiger partial charge on any atom is 0.404 e. The van der Waals surface area contributed by atoms with Gasteiger partial charge in [0.15, 0.2) is 0 Å². The molecule has 1 amide bonds. The topological polar surface area (TPSA) is 144 Å². The Balaban J connectivity index is 1.29. The Kier molecular flexibility index (Phi) is 5.97. The van der Waals surface area contributed by atoms with Crippen molar-refractivity contribution in [2.24, 2.45) is 0 Å². The van der Waals surface area contributed by atoms with Crippen molar-refractivity contribution in [3.05, 3.63) is 99.6 Å². The molecule has 1 aliphatic heterocycles. The standard InChI is InChI=1S/C26H21ClN8O3/c27-18-5-7-22(34-14-30-32-33-34)20(11-18)17-9-19-6-8-23(35(19)24(36)10-17)25-28-13-21(31-25)16-3-1-15(2-4-16)12-29-26(37)38/h1-5,7,9-11,13-14,23,29H,6,8,12H2,(H,28,31)(H,37,38)/t23-/m0/s1. The van der Waals surface area contributed by atoms with Gasteiger partial charge in [-0.1, -0.05) is 35.9 Å². The van der Waals surface area contributed by atoms with E-state index in [-0.39, 0.29) is 18.1 Å². The number of fused-ring (bicyclic) bond motifs is 1. The fourth-order valence-corrected chi connectivity index (χ4v) is 5.02. The molecule has 4 heterocycles. The van der Waals surface area contributed by atoms with Crippen LogP contribution in [0.3, 0.4) is 0 Å². The van der Waals surface area contributed by atoms with Gasteiger partial charge in [-0.05, 0) is 64.2 Å². The van der Waals surface area contributed by atoms with Crippen LogP contribution in [0.4, 0.5) is 4.79 Å². The molecule has 38 heavy (non-hydrogen) atoms. The number of hydrogen-bond donors (Lipinski definition) is 3. The van der Waals surface area contributed by atoms with Crippen LogP contribution in [0.25, 0.3) is 28.1 Å². The second-order valence-electron chi connectivity index (χ2n) is 8.95. The quantitative estimate of drug-likeness (QED) is 0.304. The Morgan fingerprint density at radius 3 is 2.74 bits per heavy atom. The van der Waals surface area contributed by atoms with Gasteiger partial charge in [-0.25, -0.2) is 9.78 Å². The predicted molar refractivity (Wildman–Crippen MR) is 139 cm³/mol. The number of aromatic amines is 1. The first-order valence-electron chi connectivity index (χ1n) is 11.9. The third kappa shape index (κ3) is 4.43. The number of hydrogen-bond acceptors (Lipinski definition) is 6. The van der Waals surface area contributed by atoms with Crippen LogP contribution in [-0.4, -0.2) is 45.9 Å². The molecule has 3 aromatic heterocycles. The van der Waals surface area contributed by atoms with Crippen molar-refractivity contribution in [1.82, 2.24) is 40.1 Å². The Morgan fingerprint density at radius 1 is 1.13 bits per heavy atom. The zero-order valence-corrected chi connectivity index (χ0v) is 20.6. The Morgan fingerprint density at radius 2 is 1.97 bits per heavy atom. The van der Waals surface area contributed by atoms with E-state index >= 15 is 0 Å². The summed E-state index contributed by atoms with van der Waals surface area (Å²) < 4.78 is 3.33. The first-order valence-corrected chi connectivity index (χ1v) is 12.2. The Bertz CT molecular complexity index is 1690. The highest BCUT2D eigenvalue weighted by Gasteiger charge is 2.28. The van der Waals surface area contributed by atoms with Crippen molar-refractivity contribution >= 4 is 17.7 Å². The van der Waals surface area contributed by atoms with Gasteiger partial charge < -0.3 is 20.0 Å². The van der Waals surface area contributed by atoms with Crippen LogP contribution in [0.1, 0.15) is 29.5 Å². The summed E-state index contributed by atoms with van der Waals surface area (Å²) in [5, 5.41) is 23.1. The third-order valence-electron chi connectivity index (χ3n) is 6.62. The van der Waals surface area contributed by atoms with Crippen LogP contribution in [0, 0.1) is 0 Å². The van der Waals surface area contributed by atoms with Crippen molar-refractivity contribution < 1.29 is 9.90 Å². The van der Waals surface area contributed by atoms with Crippen molar-refractivity contribution in [2.75, 3.05) is 0 Å². The number of pyridine rings is 1. The molecule has 0 radical (unpaired) electrons. The Hall–Kier alpha value is -4.77. The summed E-state index contributed by atoms with van der Waals surface area (Å²) in [6.07, 6.45) is 3.64. The van der Waals surface area contributed by atoms with E-state index < -0.39 is 6.09 Å². The molecule has 0 unspecified atom stereocenters. The number of carboxylic acid groups (broad SMARTS) is 1. The molecule has 0 saturated heterocycles. The van der Waals surface area contributed by atoms with Crippen LogP contribution in [0.5, 0.6) is 0 Å². The number of amides is 1. The maximum absolute atomic E-state index is 13.4. The van der Waals surface area contributed by atoms with Crippen LogP contribution < -0.4 is 10.9 Å². The van der Waals surface area contributed by atoms with Gasteiger partial charge in [-0.2, -0.15) is 4.68 Å². The molecule has 3 N–H and O–H groups in total. The van der Waals surface area contributed by atoms with Crippen molar-refractivity contribution in [1.29, 1.82) is 0 Å². The zero-order chi connectivity index (χ0) is 26.2. The second kappa shape index (κ2) is 9.60. The predicted octanol–water partition coefficient (Wildman–Crippen LogP) is 3.84. The molecule has 11 nitrogen and oxygen atoms in total. The van der Waals surface area contributed by atoms with Crippen LogP contribution in [0.15, 0.2) is 71.9 Å². The monoisotopic (exact) mass is 528 g/mol. The van der Waals surface area contributed by atoms with Gasteiger partial charge in [-0.3, -0.25) is 4.79 Å². The molecule has 2 aromatic carbocycles. The number of nitrogens with zero attached hydrogens (tertiary/aromatic N) is 6.